The van der Waals surface area contributed by atoms with Gasteiger partial charge in [0.05, 0.1) is 5.69 Å². The van der Waals surface area contributed by atoms with Gasteiger partial charge in [-0.2, -0.15) is 0 Å². The minimum absolute atomic E-state index is 0.113. The van der Waals surface area contributed by atoms with Crippen molar-refractivity contribution in [1.29, 1.82) is 0 Å². The van der Waals surface area contributed by atoms with E-state index in [0.717, 1.165) is 36.5 Å². The van der Waals surface area contributed by atoms with Gasteiger partial charge in [0.1, 0.15) is 11.6 Å². The number of carbonyl (C=O) groups excluding carboxylic acids is 1. The molecule has 1 fully saturated rings. The zero-order chi connectivity index (χ0) is 19.4. The van der Waals surface area contributed by atoms with Crippen LogP contribution in [-0.4, -0.2) is 49.7 Å². The van der Waals surface area contributed by atoms with E-state index >= 15 is 0 Å². The highest BCUT2D eigenvalue weighted by Gasteiger charge is 2.26. The number of aryl methyl sites for hydroxylation is 3. The lowest BCUT2D eigenvalue weighted by Gasteiger charge is -2.32. The Morgan fingerprint density at radius 3 is 2.63 bits per heavy atom. The average molecular weight is 389 g/mol. The summed E-state index contributed by atoms with van der Waals surface area (Å²) in [5.74, 6) is 2.55. The lowest BCUT2D eigenvalue weighted by atomic mass is 9.94. The van der Waals surface area contributed by atoms with E-state index in [1.807, 2.05) is 37.8 Å². The standard InChI is InChI=1S/C19H25ClN6O/c1-12-9-13(2)22-19(21-12)25-17-10-16(23-14(3)24-17)15-5-4-8-26(11-15)18(27)6-7-20/h9-10,15H,4-8,11H2,1-3H3,(H,21,22,23,24,25). The van der Waals surface area contributed by atoms with Gasteiger partial charge >= 0.3 is 0 Å². The van der Waals surface area contributed by atoms with Crippen LogP contribution in [0.3, 0.4) is 0 Å². The summed E-state index contributed by atoms with van der Waals surface area (Å²) in [5, 5.41) is 3.19. The van der Waals surface area contributed by atoms with Gasteiger partial charge in [-0.05, 0) is 39.7 Å². The molecule has 144 valence electrons. The number of carbonyl (C=O) groups is 1. The molecular weight excluding hydrogens is 364 g/mol. The van der Waals surface area contributed by atoms with Crippen molar-refractivity contribution in [1.82, 2.24) is 24.8 Å². The summed E-state index contributed by atoms with van der Waals surface area (Å²) in [6.45, 7) is 7.20. The van der Waals surface area contributed by atoms with E-state index in [9.17, 15) is 4.79 Å². The molecule has 3 rings (SSSR count). The summed E-state index contributed by atoms with van der Waals surface area (Å²) in [6, 6.07) is 3.87. The summed E-state index contributed by atoms with van der Waals surface area (Å²) in [6.07, 6.45) is 2.35. The molecule has 7 nitrogen and oxygen atoms in total. The van der Waals surface area contributed by atoms with Crippen molar-refractivity contribution < 1.29 is 4.79 Å². The number of likely N-dealkylation sites (tertiary alicyclic amines) is 1. The number of piperidine rings is 1. The second-order valence-corrected chi connectivity index (χ2v) is 7.32. The number of hydrogen-bond donors (Lipinski definition) is 1. The van der Waals surface area contributed by atoms with Crippen molar-refractivity contribution >= 4 is 29.3 Å². The number of nitrogens with one attached hydrogen (secondary N) is 1. The third-order valence-electron chi connectivity index (χ3n) is 4.58. The fourth-order valence-electron chi connectivity index (χ4n) is 3.44. The minimum atomic E-state index is 0.113. The number of halogens is 1. The van der Waals surface area contributed by atoms with Crippen molar-refractivity contribution in [2.75, 3.05) is 24.3 Å². The normalized spacial score (nSPS) is 17.0. The van der Waals surface area contributed by atoms with Crippen LogP contribution in [-0.2, 0) is 4.79 Å². The molecule has 2 aromatic heterocycles. The van der Waals surface area contributed by atoms with Crippen LogP contribution in [0, 0.1) is 20.8 Å². The molecule has 0 radical (unpaired) electrons. The van der Waals surface area contributed by atoms with Crippen LogP contribution in [0.2, 0.25) is 0 Å². The Balaban J connectivity index is 1.79. The highest BCUT2D eigenvalue weighted by atomic mass is 35.5. The second-order valence-electron chi connectivity index (χ2n) is 6.94. The van der Waals surface area contributed by atoms with E-state index in [1.54, 1.807) is 0 Å². The predicted molar refractivity (Wildman–Crippen MR) is 105 cm³/mol. The Kier molecular flexibility index (Phi) is 6.21. The van der Waals surface area contributed by atoms with Crippen molar-refractivity contribution in [3.05, 3.63) is 35.0 Å². The maximum Gasteiger partial charge on any atom is 0.228 e. The summed E-state index contributed by atoms with van der Waals surface area (Å²) in [4.78, 5) is 32.0. The lowest BCUT2D eigenvalue weighted by molar-refractivity contribution is -0.131. The Morgan fingerprint density at radius 1 is 1.19 bits per heavy atom. The average Bonchev–Trinajstić information content (AvgIpc) is 2.60. The quantitative estimate of drug-likeness (QED) is 0.791. The summed E-state index contributed by atoms with van der Waals surface area (Å²) >= 11 is 5.72. The Hall–Kier alpha value is -2.28. The molecule has 3 heterocycles. The molecule has 27 heavy (non-hydrogen) atoms. The molecule has 0 aromatic carbocycles. The number of anilines is 2. The predicted octanol–water partition coefficient (Wildman–Crippen LogP) is 3.27. The number of hydrogen-bond acceptors (Lipinski definition) is 6. The maximum atomic E-state index is 12.2. The molecule has 1 saturated heterocycles. The summed E-state index contributed by atoms with van der Waals surface area (Å²) in [7, 11) is 0. The van der Waals surface area contributed by atoms with Crippen molar-refractivity contribution in [3.8, 4) is 0 Å². The van der Waals surface area contributed by atoms with Gasteiger partial charge in [-0.1, -0.05) is 0 Å². The third-order valence-corrected chi connectivity index (χ3v) is 4.77. The molecule has 1 N–H and O–H groups in total. The monoisotopic (exact) mass is 388 g/mol. The molecule has 8 heteroatoms. The highest BCUT2D eigenvalue weighted by Crippen LogP contribution is 2.27. The first-order chi connectivity index (χ1) is 12.9. The van der Waals surface area contributed by atoms with E-state index in [0.29, 0.717) is 36.4 Å². The van der Waals surface area contributed by atoms with Gasteiger partial charge in [-0.25, -0.2) is 19.9 Å². The van der Waals surface area contributed by atoms with Crippen LogP contribution < -0.4 is 5.32 Å². The van der Waals surface area contributed by atoms with Crippen molar-refractivity contribution in [2.24, 2.45) is 0 Å². The van der Waals surface area contributed by atoms with E-state index in [4.69, 9.17) is 11.6 Å². The van der Waals surface area contributed by atoms with Crippen LogP contribution >= 0.6 is 11.6 Å². The zero-order valence-corrected chi connectivity index (χ0v) is 16.8. The van der Waals surface area contributed by atoms with E-state index in [2.05, 4.69) is 25.3 Å². The molecule has 0 aliphatic carbocycles. The van der Waals surface area contributed by atoms with Gasteiger partial charge in [0.2, 0.25) is 11.9 Å². The molecule has 1 aliphatic rings. The highest BCUT2D eigenvalue weighted by molar-refractivity contribution is 6.18. The van der Waals surface area contributed by atoms with Gasteiger partial charge in [0.15, 0.2) is 0 Å². The first kappa shape index (κ1) is 19.5. The minimum Gasteiger partial charge on any atom is -0.342 e. The molecule has 0 bridgehead atoms. The fraction of sp³-hybridized carbons (Fsp3) is 0.526. The second kappa shape index (κ2) is 8.61. The molecule has 1 aliphatic heterocycles. The van der Waals surface area contributed by atoms with Gasteiger partial charge in [0, 0.05) is 48.8 Å². The zero-order valence-electron chi connectivity index (χ0n) is 16.0. The van der Waals surface area contributed by atoms with Crippen molar-refractivity contribution in [3.63, 3.8) is 0 Å². The van der Waals surface area contributed by atoms with Gasteiger partial charge in [0.25, 0.3) is 0 Å². The van der Waals surface area contributed by atoms with E-state index < -0.39 is 0 Å². The Bertz CT molecular complexity index is 808. The summed E-state index contributed by atoms with van der Waals surface area (Å²) < 4.78 is 0. The van der Waals surface area contributed by atoms with Gasteiger partial charge in [-0.3, -0.25) is 4.79 Å². The van der Waals surface area contributed by atoms with Crippen LogP contribution in [0.15, 0.2) is 12.1 Å². The van der Waals surface area contributed by atoms with Crippen LogP contribution in [0.5, 0.6) is 0 Å². The molecule has 1 unspecified atom stereocenters. The van der Waals surface area contributed by atoms with Crippen LogP contribution in [0.25, 0.3) is 0 Å². The molecule has 1 amide bonds. The lowest BCUT2D eigenvalue weighted by Crippen LogP contribution is -2.39. The third kappa shape index (κ3) is 5.13. The van der Waals surface area contributed by atoms with E-state index in [1.165, 1.54) is 0 Å². The molecule has 1 atom stereocenters. The largest absolute Gasteiger partial charge is 0.342 e. The van der Waals surface area contributed by atoms with E-state index in [-0.39, 0.29) is 11.8 Å². The van der Waals surface area contributed by atoms with Gasteiger partial charge < -0.3 is 10.2 Å². The molecular formula is C19H25ClN6O. The molecule has 2 aromatic rings. The van der Waals surface area contributed by atoms with Crippen LogP contribution in [0.1, 0.15) is 48.1 Å². The number of aromatic nitrogens is 4. The first-order valence-corrected chi connectivity index (χ1v) is 9.76. The first-order valence-electron chi connectivity index (χ1n) is 9.23. The van der Waals surface area contributed by atoms with Crippen LogP contribution in [0.4, 0.5) is 11.8 Å². The number of nitrogens with zero attached hydrogens (tertiary/aromatic N) is 5. The maximum absolute atomic E-state index is 12.2. The Labute approximate surface area is 164 Å². The fourth-order valence-corrected chi connectivity index (χ4v) is 3.61. The molecule has 0 spiro atoms. The number of rotatable bonds is 5. The Morgan fingerprint density at radius 2 is 1.93 bits per heavy atom. The van der Waals surface area contributed by atoms with Crippen molar-refractivity contribution in [2.45, 2.75) is 46.0 Å². The SMILES string of the molecule is Cc1cc(C)nc(Nc2cc(C3CCCN(C(=O)CCCl)C3)nc(C)n2)n1. The smallest absolute Gasteiger partial charge is 0.228 e. The summed E-state index contributed by atoms with van der Waals surface area (Å²) in [5.41, 5.74) is 2.74. The topological polar surface area (TPSA) is 83.9 Å². The number of alkyl halides is 1. The number of amides is 1. The molecule has 0 saturated carbocycles. The van der Waals surface area contributed by atoms with Gasteiger partial charge in [-0.15, -0.1) is 11.6 Å².